The van der Waals surface area contributed by atoms with Gasteiger partial charge in [0.15, 0.2) is 0 Å². The summed E-state index contributed by atoms with van der Waals surface area (Å²) in [6.07, 6.45) is 6.60. The lowest BCUT2D eigenvalue weighted by Gasteiger charge is -2.08. The fourth-order valence-electron chi connectivity index (χ4n) is 2.38. The van der Waals surface area contributed by atoms with Crippen LogP contribution >= 0.6 is 0 Å². The molecule has 0 spiro atoms. The van der Waals surface area contributed by atoms with Crippen molar-refractivity contribution >= 4 is 0 Å². The third-order valence-electron chi connectivity index (χ3n) is 3.61. The highest BCUT2D eigenvalue weighted by Gasteiger charge is 1.99. The number of hydrogen-bond donors (Lipinski definition) is 1. The Labute approximate surface area is 119 Å². The van der Waals surface area contributed by atoms with Gasteiger partial charge in [0, 0.05) is 0 Å². The summed E-state index contributed by atoms with van der Waals surface area (Å²) in [4.78, 5) is 0. The maximum atomic E-state index is 3.51. The van der Waals surface area contributed by atoms with Crippen LogP contribution in [0.1, 0.15) is 56.2 Å². The van der Waals surface area contributed by atoms with Gasteiger partial charge in [-0.3, -0.25) is 0 Å². The maximum absolute atomic E-state index is 3.51. The van der Waals surface area contributed by atoms with Crippen molar-refractivity contribution in [1.29, 1.82) is 0 Å². The number of benzene rings is 1. The Morgan fingerprint density at radius 2 is 1.74 bits per heavy atom. The summed E-state index contributed by atoms with van der Waals surface area (Å²) in [6.45, 7) is 11.3. The average Bonchev–Trinajstić information content (AvgIpc) is 2.36. The highest BCUT2D eigenvalue weighted by molar-refractivity contribution is 5.30. The summed E-state index contributed by atoms with van der Waals surface area (Å²) in [5, 5.41) is 3.51. The molecule has 0 aromatic heterocycles. The van der Waals surface area contributed by atoms with Crippen LogP contribution in [0.3, 0.4) is 0 Å². The van der Waals surface area contributed by atoms with Gasteiger partial charge >= 0.3 is 0 Å². The van der Waals surface area contributed by atoms with Crippen molar-refractivity contribution < 1.29 is 0 Å². The summed E-state index contributed by atoms with van der Waals surface area (Å²) >= 11 is 0. The second-order valence-electron chi connectivity index (χ2n) is 6.19. The minimum atomic E-state index is 0.768. The maximum Gasteiger partial charge on any atom is -0.00258 e. The molecule has 0 saturated carbocycles. The first kappa shape index (κ1) is 16.2. The van der Waals surface area contributed by atoms with Crippen LogP contribution < -0.4 is 5.32 Å². The molecule has 0 bridgehead atoms. The zero-order valence-electron chi connectivity index (χ0n) is 13.3. The van der Waals surface area contributed by atoms with Crippen molar-refractivity contribution in [2.75, 3.05) is 13.1 Å². The van der Waals surface area contributed by atoms with Gasteiger partial charge in [0.1, 0.15) is 0 Å². The van der Waals surface area contributed by atoms with Gasteiger partial charge in [-0.15, -0.1) is 0 Å². The quantitative estimate of drug-likeness (QED) is 0.638. The van der Waals surface area contributed by atoms with E-state index in [9.17, 15) is 0 Å². The average molecular weight is 261 g/mol. The summed E-state index contributed by atoms with van der Waals surface area (Å²) in [5.74, 6) is 0.768. The van der Waals surface area contributed by atoms with Crippen molar-refractivity contribution in [1.82, 2.24) is 5.32 Å². The van der Waals surface area contributed by atoms with Gasteiger partial charge in [-0.05, 0) is 63.2 Å². The fraction of sp³-hybridized carbons (Fsp3) is 0.667. The second-order valence-corrected chi connectivity index (χ2v) is 6.19. The molecule has 0 aliphatic carbocycles. The van der Waals surface area contributed by atoms with E-state index in [1.54, 1.807) is 0 Å². The van der Waals surface area contributed by atoms with Gasteiger partial charge in [0.05, 0.1) is 0 Å². The van der Waals surface area contributed by atoms with Crippen molar-refractivity contribution in [2.24, 2.45) is 5.92 Å². The number of hydrogen-bond acceptors (Lipinski definition) is 1. The van der Waals surface area contributed by atoms with Crippen molar-refractivity contribution in [2.45, 2.75) is 59.8 Å². The Hall–Kier alpha value is -0.820. The lowest BCUT2D eigenvalue weighted by Crippen LogP contribution is -2.20. The van der Waals surface area contributed by atoms with Crippen LogP contribution in [0.2, 0.25) is 0 Å². The monoisotopic (exact) mass is 261 g/mol. The summed E-state index contributed by atoms with van der Waals surface area (Å²) in [6, 6.07) is 6.80. The van der Waals surface area contributed by atoms with E-state index in [1.807, 2.05) is 0 Å². The number of rotatable bonds is 9. The van der Waals surface area contributed by atoms with E-state index in [-0.39, 0.29) is 0 Å². The van der Waals surface area contributed by atoms with Gasteiger partial charge in [0.2, 0.25) is 0 Å². The van der Waals surface area contributed by atoms with E-state index in [0.717, 1.165) is 12.5 Å². The molecule has 19 heavy (non-hydrogen) atoms. The molecular weight excluding hydrogens is 230 g/mol. The molecule has 1 aromatic carbocycles. The predicted molar refractivity (Wildman–Crippen MR) is 85.8 cm³/mol. The SMILES string of the molecule is Cc1ccc(C)c(CCCCCCNCC(C)C)c1. The predicted octanol–water partition coefficient (Wildman–Crippen LogP) is 4.65. The van der Waals surface area contributed by atoms with E-state index in [2.05, 4.69) is 51.2 Å². The van der Waals surface area contributed by atoms with Gasteiger partial charge in [-0.2, -0.15) is 0 Å². The van der Waals surface area contributed by atoms with E-state index >= 15 is 0 Å². The molecule has 108 valence electrons. The molecule has 0 amide bonds. The van der Waals surface area contributed by atoms with Crippen LogP contribution in [-0.4, -0.2) is 13.1 Å². The number of unbranched alkanes of at least 4 members (excludes halogenated alkanes) is 3. The Balaban J connectivity index is 2.06. The lowest BCUT2D eigenvalue weighted by molar-refractivity contribution is 0.526. The third kappa shape index (κ3) is 7.37. The summed E-state index contributed by atoms with van der Waals surface area (Å²) in [7, 11) is 0. The molecule has 1 heteroatoms. The highest BCUT2D eigenvalue weighted by atomic mass is 14.8. The zero-order chi connectivity index (χ0) is 14.1. The van der Waals surface area contributed by atoms with Crippen LogP contribution in [0.15, 0.2) is 18.2 Å². The van der Waals surface area contributed by atoms with Crippen LogP contribution in [-0.2, 0) is 6.42 Å². The van der Waals surface area contributed by atoms with Gasteiger partial charge in [-0.25, -0.2) is 0 Å². The van der Waals surface area contributed by atoms with Gasteiger partial charge in [0.25, 0.3) is 0 Å². The third-order valence-corrected chi connectivity index (χ3v) is 3.61. The van der Waals surface area contributed by atoms with Gasteiger partial charge < -0.3 is 5.32 Å². The van der Waals surface area contributed by atoms with Crippen LogP contribution in [0.4, 0.5) is 0 Å². The minimum Gasteiger partial charge on any atom is -0.316 e. The molecule has 0 atom stereocenters. The van der Waals surface area contributed by atoms with E-state index in [1.165, 1.54) is 55.3 Å². The largest absolute Gasteiger partial charge is 0.316 e. The molecule has 1 nitrogen and oxygen atoms in total. The molecule has 0 heterocycles. The van der Waals surface area contributed by atoms with Crippen LogP contribution in [0, 0.1) is 19.8 Å². The highest BCUT2D eigenvalue weighted by Crippen LogP contribution is 2.14. The zero-order valence-corrected chi connectivity index (χ0v) is 13.3. The lowest BCUT2D eigenvalue weighted by atomic mass is 10.00. The Kier molecular flexibility index (Phi) is 7.81. The Bertz CT molecular complexity index is 355. The van der Waals surface area contributed by atoms with E-state index < -0.39 is 0 Å². The topological polar surface area (TPSA) is 12.0 Å². The first-order valence-electron chi connectivity index (χ1n) is 7.86. The van der Waals surface area contributed by atoms with Crippen LogP contribution in [0.25, 0.3) is 0 Å². The molecule has 1 rings (SSSR count). The molecule has 0 saturated heterocycles. The summed E-state index contributed by atoms with van der Waals surface area (Å²) < 4.78 is 0. The number of nitrogens with one attached hydrogen (secondary N) is 1. The molecule has 1 aromatic rings. The summed E-state index contributed by atoms with van der Waals surface area (Å²) in [5.41, 5.74) is 4.38. The number of aryl methyl sites for hydroxylation is 3. The molecule has 0 aliphatic rings. The molecule has 0 aliphatic heterocycles. The minimum absolute atomic E-state index is 0.768. The van der Waals surface area contributed by atoms with Crippen LogP contribution in [0.5, 0.6) is 0 Å². The van der Waals surface area contributed by atoms with E-state index in [4.69, 9.17) is 0 Å². The van der Waals surface area contributed by atoms with Crippen molar-refractivity contribution in [3.05, 3.63) is 34.9 Å². The standard InChI is InChI=1S/C18H31N/c1-15(2)14-19-12-8-6-5-7-9-18-13-16(3)10-11-17(18)4/h10-11,13,15,19H,5-9,12,14H2,1-4H3. The smallest absolute Gasteiger partial charge is 0.00258 e. The van der Waals surface area contributed by atoms with Crippen molar-refractivity contribution in [3.8, 4) is 0 Å². The molecule has 1 N–H and O–H groups in total. The van der Waals surface area contributed by atoms with Crippen molar-refractivity contribution in [3.63, 3.8) is 0 Å². The van der Waals surface area contributed by atoms with E-state index in [0.29, 0.717) is 0 Å². The fourth-order valence-corrected chi connectivity index (χ4v) is 2.38. The van der Waals surface area contributed by atoms with Gasteiger partial charge in [-0.1, -0.05) is 50.5 Å². The Morgan fingerprint density at radius 3 is 2.47 bits per heavy atom. The normalized spacial score (nSPS) is 11.2. The second kappa shape index (κ2) is 9.14. The molecular formula is C18H31N. The molecule has 0 radical (unpaired) electrons. The Morgan fingerprint density at radius 1 is 1.00 bits per heavy atom. The molecule has 0 unspecified atom stereocenters. The first-order valence-corrected chi connectivity index (χ1v) is 7.86. The first-order chi connectivity index (χ1) is 9.09. The molecule has 0 fully saturated rings.